The van der Waals surface area contributed by atoms with Crippen LogP contribution in [-0.2, 0) is 17.1 Å². The molecular weight excluding hydrogens is 376 g/mol. The van der Waals surface area contributed by atoms with Crippen LogP contribution in [0.2, 0.25) is 5.02 Å². The zero-order valence-corrected chi connectivity index (χ0v) is 16.0. The van der Waals surface area contributed by atoms with Crippen LogP contribution in [0.4, 0.5) is 0 Å². The highest BCUT2D eigenvalue weighted by atomic mass is 35.5. The lowest BCUT2D eigenvalue weighted by Crippen LogP contribution is -2.30. The molecule has 0 saturated heterocycles. The van der Waals surface area contributed by atoms with Crippen LogP contribution in [0.15, 0.2) is 52.4 Å². The molecule has 25 heavy (non-hydrogen) atoms. The van der Waals surface area contributed by atoms with Crippen molar-refractivity contribution in [3.63, 3.8) is 0 Å². The molecule has 0 bridgehead atoms. The molecule has 4 nitrogen and oxygen atoms in total. The van der Waals surface area contributed by atoms with Crippen molar-refractivity contribution in [2.45, 2.75) is 24.5 Å². The Morgan fingerprint density at radius 1 is 1.36 bits per heavy atom. The van der Waals surface area contributed by atoms with Crippen LogP contribution in [0.25, 0.3) is 11.3 Å². The minimum absolute atomic E-state index is 0.0239. The third-order valence-electron chi connectivity index (χ3n) is 3.56. The first-order chi connectivity index (χ1) is 12.1. The lowest BCUT2D eigenvalue weighted by Gasteiger charge is -2.10. The van der Waals surface area contributed by atoms with E-state index in [0.29, 0.717) is 17.3 Å². The number of nitrogens with zero attached hydrogens (tertiary/aromatic N) is 1. The average Bonchev–Trinajstić information content (AvgIpc) is 3.30. The molecule has 1 N–H and O–H groups in total. The van der Waals surface area contributed by atoms with E-state index in [0.717, 1.165) is 21.9 Å². The second-order valence-electron chi connectivity index (χ2n) is 5.44. The summed E-state index contributed by atoms with van der Waals surface area (Å²) < 4.78 is 5.36. The van der Waals surface area contributed by atoms with Crippen molar-refractivity contribution >= 4 is 40.6 Å². The van der Waals surface area contributed by atoms with Crippen LogP contribution < -0.4 is 5.32 Å². The molecule has 1 atom stereocenters. The molecule has 0 aliphatic carbocycles. The van der Waals surface area contributed by atoms with Crippen LogP contribution >= 0.6 is 34.7 Å². The molecule has 0 aliphatic heterocycles. The van der Waals surface area contributed by atoms with E-state index in [1.807, 2.05) is 54.8 Å². The zero-order chi connectivity index (χ0) is 17.6. The Labute approximate surface area is 159 Å². The molecule has 0 fully saturated rings. The maximum Gasteiger partial charge on any atom is 0.233 e. The fourth-order valence-corrected chi connectivity index (χ4v) is 3.71. The van der Waals surface area contributed by atoms with Crippen LogP contribution in [0, 0.1) is 0 Å². The van der Waals surface area contributed by atoms with Crippen LogP contribution in [-0.4, -0.2) is 16.3 Å². The number of aromatic nitrogens is 1. The number of carbonyl (C=O) groups is 1. The number of thiophene rings is 1. The number of thioether (sulfide) groups is 1. The monoisotopic (exact) mass is 392 g/mol. The van der Waals surface area contributed by atoms with Crippen molar-refractivity contribution in [1.29, 1.82) is 0 Å². The fourth-order valence-electron chi connectivity index (χ4n) is 2.15. The predicted molar refractivity (Wildman–Crippen MR) is 104 cm³/mol. The summed E-state index contributed by atoms with van der Waals surface area (Å²) >= 11 is 9.05. The van der Waals surface area contributed by atoms with Gasteiger partial charge in [0.05, 0.1) is 17.5 Å². The third-order valence-corrected chi connectivity index (χ3v) is 5.85. The molecule has 2 aromatic heterocycles. The number of rotatable bonds is 7. The van der Waals surface area contributed by atoms with E-state index in [9.17, 15) is 4.79 Å². The highest BCUT2D eigenvalue weighted by Crippen LogP contribution is 2.24. The maximum absolute atomic E-state index is 12.1. The summed E-state index contributed by atoms with van der Waals surface area (Å²) in [6, 6.07) is 13.3. The standard InChI is InChI=1S/C18H17ClN2O2S2/c1-12(18(22)20-10-16-3-2-8-24-16)25-11-15-9-17(21-23-15)13-4-6-14(19)7-5-13/h2-9,12H,10-11H2,1H3,(H,20,22)/t12-/m1/s1. The molecule has 0 spiro atoms. The van der Waals surface area contributed by atoms with Gasteiger partial charge in [0.15, 0.2) is 0 Å². The number of hydrogen-bond acceptors (Lipinski definition) is 5. The van der Waals surface area contributed by atoms with Gasteiger partial charge in [-0.3, -0.25) is 4.79 Å². The van der Waals surface area contributed by atoms with Crippen molar-refractivity contribution in [1.82, 2.24) is 10.5 Å². The summed E-state index contributed by atoms with van der Waals surface area (Å²) in [6.45, 7) is 2.47. The zero-order valence-electron chi connectivity index (χ0n) is 13.6. The Morgan fingerprint density at radius 3 is 2.88 bits per heavy atom. The smallest absolute Gasteiger partial charge is 0.233 e. The quantitative estimate of drug-likeness (QED) is 0.615. The molecule has 3 aromatic rings. The van der Waals surface area contributed by atoms with Gasteiger partial charge in [-0.1, -0.05) is 35.0 Å². The minimum Gasteiger partial charge on any atom is -0.360 e. The molecule has 0 saturated carbocycles. The fraction of sp³-hybridized carbons (Fsp3) is 0.222. The summed E-state index contributed by atoms with van der Waals surface area (Å²) in [5, 5.41) is 9.55. The van der Waals surface area contributed by atoms with Crippen LogP contribution in [0.3, 0.4) is 0 Å². The second kappa shape index (κ2) is 8.56. The van der Waals surface area contributed by atoms with Crippen LogP contribution in [0.5, 0.6) is 0 Å². The van der Waals surface area contributed by atoms with E-state index < -0.39 is 0 Å². The SMILES string of the molecule is C[C@@H](SCc1cc(-c2ccc(Cl)cc2)no1)C(=O)NCc1cccs1. The van der Waals surface area contributed by atoms with Crippen molar-refractivity contribution in [2.24, 2.45) is 0 Å². The largest absolute Gasteiger partial charge is 0.360 e. The Kier molecular flexibility index (Phi) is 6.18. The highest BCUT2D eigenvalue weighted by molar-refractivity contribution is 7.99. The van der Waals surface area contributed by atoms with Gasteiger partial charge in [0.1, 0.15) is 11.5 Å². The van der Waals surface area contributed by atoms with Crippen molar-refractivity contribution in [3.8, 4) is 11.3 Å². The van der Waals surface area contributed by atoms with Gasteiger partial charge < -0.3 is 9.84 Å². The Hall–Kier alpha value is -1.76. The van der Waals surface area contributed by atoms with Gasteiger partial charge in [-0.05, 0) is 30.5 Å². The number of benzene rings is 1. The minimum atomic E-state index is -0.163. The lowest BCUT2D eigenvalue weighted by atomic mass is 10.1. The molecule has 7 heteroatoms. The molecule has 1 amide bonds. The van der Waals surface area contributed by atoms with E-state index in [1.165, 1.54) is 11.8 Å². The first-order valence-electron chi connectivity index (χ1n) is 7.75. The Bertz CT molecular complexity index is 816. The Morgan fingerprint density at radius 2 is 2.16 bits per heavy atom. The predicted octanol–water partition coefficient (Wildman–Crippen LogP) is 4.99. The lowest BCUT2D eigenvalue weighted by molar-refractivity contribution is -0.120. The first-order valence-corrected chi connectivity index (χ1v) is 10.1. The normalized spacial score (nSPS) is 12.1. The van der Waals surface area contributed by atoms with Crippen LogP contribution in [0.1, 0.15) is 17.6 Å². The number of amides is 1. The molecule has 0 unspecified atom stereocenters. The molecule has 3 rings (SSSR count). The summed E-state index contributed by atoms with van der Waals surface area (Å²) in [4.78, 5) is 13.3. The molecule has 130 valence electrons. The topological polar surface area (TPSA) is 55.1 Å². The van der Waals surface area contributed by atoms with Gasteiger partial charge in [-0.25, -0.2) is 0 Å². The number of carbonyl (C=O) groups excluding carboxylic acids is 1. The molecular formula is C18H17ClN2O2S2. The summed E-state index contributed by atoms with van der Waals surface area (Å²) in [7, 11) is 0. The van der Waals surface area contributed by atoms with Gasteiger partial charge in [0, 0.05) is 21.5 Å². The third kappa shape index (κ3) is 5.11. The van der Waals surface area contributed by atoms with Gasteiger partial charge in [0.2, 0.25) is 5.91 Å². The average molecular weight is 393 g/mol. The maximum atomic E-state index is 12.1. The molecule has 0 radical (unpaired) electrons. The van der Waals surface area contributed by atoms with Crippen molar-refractivity contribution in [3.05, 3.63) is 63.5 Å². The molecule has 0 aliphatic rings. The number of halogens is 1. The van der Waals surface area contributed by atoms with E-state index in [4.69, 9.17) is 16.1 Å². The van der Waals surface area contributed by atoms with Gasteiger partial charge in [-0.15, -0.1) is 23.1 Å². The summed E-state index contributed by atoms with van der Waals surface area (Å²) in [6.07, 6.45) is 0. The Balaban J connectivity index is 1.49. The van der Waals surface area contributed by atoms with E-state index in [-0.39, 0.29) is 11.2 Å². The number of hydrogen-bond donors (Lipinski definition) is 1. The highest BCUT2D eigenvalue weighted by Gasteiger charge is 2.15. The van der Waals surface area contributed by atoms with Gasteiger partial charge in [0.25, 0.3) is 0 Å². The van der Waals surface area contributed by atoms with Gasteiger partial charge in [-0.2, -0.15) is 0 Å². The van der Waals surface area contributed by atoms with Gasteiger partial charge >= 0.3 is 0 Å². The first kappa shape index (κ1) is 18.0. The number of nitrogens with one attached hydrogen (secondary N) is 1. The molecule has 1 aromatic carbocycles. The molecule has 2 heterocycles. The summed E-state index contributed by atoms with van der Waals surface area (Å²) in [5.74, 6) is 1.36. The van der Waals surface area contributed by atoms with E-state index in [1.54, 1.807) is 11.3 Å². The van der Waals surface area contributed by atoms with Crippen molar-refractivity contribution in [2.75, 3.05) is 0 Å². The van der Waals surface area contributed by atoms with E-state index >= 15 is 0 Å². The van der Waals surface area contributed by atoms with Crippen molar-refractivity contribution < 1.29 is 9.32 Å². The van der Waals surface area contributed by atoms with E-state index in [2.05, 4.69) is 10.5 Å². The second-order valence-corrected chi connectivity index (χ2v) is 8.23. The summed E-state index contributed by atoms with van der Waals surface area (Å²) in [5.41, 5.74) is 1.72.